The predicted octanol–water partition coefficient (Wildman–Crippen LogP) is 25.3. The summed E-state index contributed by atoms with van der Waals surface area (Å²) in [6, 6.07) is 25.8. The maximum atomic E-state index is 13.5. The number of likely N-dealkylation sites (tertiary alicyclic amines) is 4. The van der Waals surface area contributed by atoms with Gasteiger partial charge in [0.05, 0.1) is 36.5 Å². The predicted molar refractivity (Wildman–Crippen MR) is 600 cm³/mol. The number of aromatic nitrogens is 4. The summed E-state index contributed by atoms with van der Waals surface area (Å²) in [6.45, 7) is 9.64. The Morgan fingerprint density at radius 3 is 0.822 bits per heavy atom. The van der Waals surface area contributed by atoms with Crippen LogP contribution in [0.2, 0.25) is 20.1 Å². The zero-order valence-electron chi connectivity index (χ0n) is 82.7. The van der Waals surface area contributed by atoms with E-state index < -0.39 is 18.0 Å². The van der Waals surface area contributed by atoms with Crippen molar-refractivity contribution in [1.82, 2.24) is 55.5 Å². The van der Waals surface area contributed by atoms with Crippen LogP contribution in [0.25, 0.3) is 0 Å². The molecule has 146 heavy (non-hydrogen) atoms. The fraction of sp³-hybridized carbons (Fsp3) is 0.536. The SMILES string of the molecule is CC(=O)NC1CCC(C(=O)N2CCC([C@H]3c4ncc(Br)cc4CCc4cc(Cl)cc(Br)c43)CC2)CC1.CCOC(=O)C(=O)NC1CCC(C(=O)N2CCC([C@H]3c4ncc(Br)cc4CCc4cc(Cl)cc(Br)c43)CC2)CC1.COC(=O)NC1CCC(C(=O)N2CCC([C@H]3c4ncc(Br)cc4CCc4cc(Cl)cc(Br)c43)CC2)CC1.NC1CCC(C(=O)N2CCC([C@H]3c4ncc(Br)cc4CCc4cc(Cl)cc(Br)c43)CC2)CC1. The number of hydrogen-bond donors (Lipinski definition) is 4. The Bertz CT molecular complexity index is 6130. The molecule has 7 amide bonds. The smallest absolute Gasteiger partial charge is 0.407 e. The number of nitrogens with two attached hydrogens (primary N) is 1. The Labute approximate surface area is 944 Å². The number of hydrogen-bond acceptors (Lipinski definition) is 15. The van der Waals surface area contributed by atoms with Gasteiger partial charge in [-0.3, -0.25) is 48.7 Å². The van der Waals surface area contributed by atoms with Crippen molar-refractivity contribution >= 4 is 221 Å². The molecule has 0 radical (unpaired) electrons. The van der Waals surface area contributed by atoms with E-state index in [-0.39, 0.29) is 95.8 Å². The Morgan fingerprint density at radius 2 is 0.575 bits per heavy atom. The molecule has 12 aliphatic rings. The molecule has 8 aliphatic carbocycles. The highest BCUT2D eigenvalue weighted by Crippen LogP contribution is 2.53. The summed E-state index contributed by atoms with van der Waals surface area (Å²) in [5.74, 6) is 2.16. The van der Waals surface area contributed by atoms with Crippen molar-refractivity contribution in [3.05, 3.63) is 243 Å². The molecule has 4 aromatic heterocycles. The molecule has 0 unspecified atom stereocenters. The third kappa shape index (κ3) is 26.8. The van der Waals surface area contributed by atoms with Crippen molar-refractivity contribution in [3.8, 4) is 0 Å². The summed E-state index contributed by atoms with van der Waals surface area (Å²) in [7, 11) is 1.38. The molecule has 780 valence electrons. The zero-order valence-corrected chi connectivity index (χ0v) is 98.5. The van der Waals surface area contributed by atoms with Crippen LogP contribution in [-0.2, 0) is 94.4 Å². The zero-order chi connectivity index (χ0) is 103. The lowest BCUT2D eigenvalue weighted by atomic mass is 9.76. The number of rotatable bonds is 12. The van der Waals surface area contributed by atoms with Crippen LogP contribution >= 0.6 is 174 Å². The van der Waals surface area contributed by atoms with Gasteiger partial charge in [0.25, 0.3) is 0 Å². The van der Waals surface area contributed by atoms with Crippen molar-refractivity contribution in [2.75, 3.05) is 66.1 Å². The van der Waals surface area contributed by atoms with E-state index in [0.29, 0.717) is 61.2 Å². The molecule has 8 fully saturated rings. The minimum absolute atomic E-state index is 0.0178. The van der Waals surface area contributed by atoms with Crippen LogP contribution in [0.3, 0.4) is 0 Å². The number of carbonyl (C=O) groups is 8. The first-order chi connectivity index (χ1) is 70.3. The normalized spacial score (nSPS) is 24.2. The van der Waals surface area contributed by atoms with Gasteiger partial charge in [0, 0.05) is 211 Å². The average molecular weight is 2580 g/mol. The molecule has 4 atom stereocenters. The Morgan fingerprint density at radius 1 is 0.336 bits per heavy atom. The first kappa shape index (κ1) is 111. The number of halogens is 12. The quantitative estimate of drug-likeness (QED) is 0.0653. The number of piperidine rings is 4. The van der Waals surface area contributed by atoms with Gasteiger partial charge in [-0.15, -0.1) is 0 Å². The number of pyridine rings is 4. The lowest BCUT2D eigenvalue weighted by molar-refractivity contribution is -0.155. The number of benzene rings is 4. The highest BCUT2D eigenvalue weighted by atomic mass is 79.9. The van der Waals surface area contributed by atoms with Gasteiger partial charge in [-0.25, -0.2) is 9.59 Å². The van der Waals surface area contributed by atoms with Crippen molar-refractivity contribution in [2.45, 2.75) is 267 Å². The maximum absolute atomic E-state index is 13.5. The number of nitrogens with one attached hydrogen (secondary N) is 3. The molecule has 8 aromatic rings. The Kier molecular flexibility index (Phi) is 38.8. The van der Waals surface area contributed by atoms with Crippen molar-refractivity contribution < 1.29 is 47.8 Å². The second kappa shape index (κ2) is 50.9. The number of carbonyl (C=O) groups excluding carboxylic acids is 8. The molecule has 4 aliphatic heterocycles. The van der Waals surface area contributed by atoms with Crippen molar-refractivity contribution in [2.24, 2.45) is 53.1 Å². The van der Waals surface area contributed by atoms with E-state index >= 15 is 0 Å². The van der Waals surface area contributed by atoms with E-state index in [9.17, 15) is 38.4 Å². The molecular formula is C112H128Br8Cl4N12O10. The number of fused-ring (bicyclic) bond motifs is 8. The largest absolute Gasteiger partial charge is 0.459 e. The van der Waals surface area contributed by atoms with E-state index in [4.69, 9.17) is 81.5 Å². The van der Waals surface area contributed by atoms with Crippen LogP contribution in [0.1, 0.15) is 281 Å². The molecule has 0 spiro atoms. The number of nitrogens with zero attached hydrogens (tertiary/aromatic N) is 8. The second-order valence-electron chi connectivity index (χ2n) is 42.0. The highest BCUT2D eigenvalue weighted by molar-refractivity contribution is 9.11. The minimum atomic E-state index is -0.847. The molecule has 4 saturated heterocycles. The molecular weight excluding hydrogens is 2450 g/mol. The summed E-state index contributed by atoms with van der Waals surface area (Å²) >= 11 is 55.6. The van der Waals surface area contributed by atoms with Crippen LogP contribution in [0, 0.1) is 47.3 Å². The molecule has 8 heterocycles. The van der Waals surface area contributed by atoms with Crippen molar-refractivity contribution in [3.63, 3.8) is 0 Å². The summed E-state index contributed by atoms with van der Waals surface area (Å²) in [4.78, 5) is 128. The van der Waals surface area contributed by atoms with Gasteiger partial charge in [0.2, 0.25) is 29.5 Å². The number of amides is 7. The Hall–Kier alpha value is -6.00. The first-order valence-electron chi connectivity index (χ1n) is 52.3. The monoisotopic (exact) mass is 2570 g/mol. The maximum Gasteiger partial charge on any atom is 0.407 e. The van der Waals surface area contributed by atoms with Gasteiger partial charge >= 0.3 is 18.0 Å². The fourth-order valence-corrected chi connectivity index (χ4v) is 31.7. The topological polar surface area (TPSA) is 282 Å². The fourth-order valence-electron chi connectivity index (χ4n) is 25.7. The standard InChI is InChI=1S/C30H34Br2ClN3O4.C28H32Br2ClN3O3.C28H32Br2ClN3O2.C26H30Br2ClN3O/c1-2-40-30(39)28(37)35-23-7-5-18(6-8-23)29(38)36-11-9-17(10-12-36)26-25-19(14-22(33)15-24(25)32)3-4-20-13-21(31)16-34-27(20)26;1-37-28(36)33-22-6-4-17(5-7-22)27(35)34-10-8-16(9-11-34)25-24-18(13-21(31)14-23(24)30)2-3-19-12-20(29)15-32-26(19)25;1-16(35)33-23-6-4-18(5-7-23)28(36)34-10-8-17(9-11-34)26-25-19(13-22(31)14-24(25)30)2-3-20-12-21(29)15-32-27(20)26;27-19-11-18-2-1-17-12-20(29)13-22(28)23(17)24(25(18)31-14-19)15-7-9-32(10-8-15)26(33)16-3-5-21(30)6-4-16/h13-18,23,26H,2-12H2,1H3,(H,35,37);12-17,22,25H,2-11H2,1H3,(H,33,36);12-15,17-18,23,26H,2-11H2,1H3,(H,33,35);11-16,21,24H,1-10,30H2/t18?,23?,26-;17?,22?,25-;18?,23?,26-;16?,21?,24-/m1111/s1. The van der Waals surface area contributed by atoms with Crippen LogP contribution in [0.4, 0.5) is 4.79 Å². The molecule has 20 rings (SSSR count). The van der Waals surface area contributed by atoms with Gasteiger partial charge in [-0.2, -0.15) is 0 Å². The summed E-state index contributed by atoms with van der Waals surface area (Å²) < 4.78 is 17.7. The lowest BCUT2D eigenvalue weighted by Gasteiger charge is -2.39. The number of alkyl carbamates (subject to hydrolysis) is 1. The Balaban J connectivity index is 0.000000133. The molecule has 4 saturated carbocycles. The van der Waals surface area contributed by atoms with Gasteiger partial charge in [0.1, 0.15) is 0 Å². The van der Waals surface area contributed by atoms with Gasteiger partial charge in [0.15, 0.2) is 0 Å². The molecule has 0 bridgehead atoms. The van der Waals surface area contributed by atoms with Gasteiger partial charge in [-0.1, -0.05) is 110 Å². The van der Waals surface area contributed by atoms with Crippen LogP contribution in [-0.4, -0.2) is 177 Å². The molecule has 4 aromatic carbocycles. The third-order valence-corrected chi connectivity index (χ3v) is 38.3. The summed E-state index contributed by atoms with van der Waals surface area (Å²) in [6.07, 6.45) is 35.7. The summed E-state index contributed by atoms with van der Waals surface area (Å²) in [5.41, 5.74) is 26.3. The molecule has 5 N–H and O–H groups in total. The average Bonchev–Trinajstić information content (AvgIpc) is 1.54. The van der Waals surface area contributed by atoms with Crippen LogP contribution in [0.15, 0.2) is 133 Å². The number of esters is 1. The summed E-state index contributed by atoms with van der Waals surface area (Å²) in [5, 5.41) is 11.7. The number of ether oxygens (including phenoxy) is 2. The second-order valence-corrected chi connectivity index (χ2v) is 50.8. The van der Waals surface area contributed by atoms with E-state index in [1.54, 1.807) is 13.8 Å². The van der Waals surface area contributed by atoms with Crippen molar-refractivity contribution in [1.29, 1.82) is 0 Å². The third-order valence-electron chi connectivity index (χ3n) is 33.0. The van der Waals surface area contributed by atoms with Gasteiger partial charge in [-0.05, 0) is 439 Å². The van der Waals surface area contributed by atoms with E-state index in [1.165, 1.54) is 85.3 Å². The van der Waals surface area contributed by atoms with Crippen LogP contribution in [0.5, 0.6) is 0 Å². The number of aryl methyl sites for hydroxylation is 8. The molecule has 22 nitrogen and oxygen atoms in total. The first-order valence-corrected chi connectivity index (χ1v) is 60.1. The highest BCUT2D eigenvalue weighted by Gasteiger charge is 2.46. The molecule has 34 heteroatoms. The van der Waals surface area contributed by atoms with Gasteiger partial charge < -0.3 is 50.8 Å². The lowest BCUT2D eigenvalue weighted by Crippen LogP contribution is -2.46. The van der Waals surface area contributed by atoms with E-state index in [1.807, 2.05) is 54.0 Å². The number of methoxy groups -OCH3 is 1. The van der Waals surface area contributed by atoms with Crippen LogP contribution < -0.4 is 21.7 Å². The minimum Gasteiger partial charge on any atom is -0.459 e. The van der Waals surface area contributed by atoms with E-state index in [2.05, 4.69) is 207 Å². The van der Waals surface area contributed by atoms with E-state index in [0.717, 1.165) is 299 Å².